The van der Waals surface area contributed by atoms with Crippen molar-refractivity contribution in [3.8, 4) is 5.75 Å². The van der Waals surface area contributed by atoms with Gasteiger partial charge in [0.1, 0.15) is 22.9 Å². The number of rotatable bonds is 6. The van der Waals surface area contributed by atoms with Gasteiger partial charge in [-0.15, -0.1) is 0 Å². The summed E-state index contributed by atoms with van der Waals surface area (Å²) >= 11 is 0. The lowest BCUT2D eigenvalue weighted by Crippen LogP contribution is -2.59. The van der Waals surface area contributed by atoms with Crippen molar-refractivity contribution in [3.05, 3.63) is 59.9 Å². The summed E-state index contributed by atoms with van der Waals surface area (Å²) in [5, 5.41) is 3.13. The second kappa shape index (κ2) is 10.1. The predicted octanol–water partition coefficient (Wildman–Crippen LogP) is 6.05. The minimum absolute atomic E-state index is 0.203. The number of hydrogen-bond acceptors (Lipinski definition) is 4. The summed E-state index contributed by atoms with van der Waals surface area (Å²) in [6.45, 7) is 3.88. The Hall–Kier alpha value is -2.93. The van der Waals surface area contributed by atoms with E-state index in [1.165, 1.54) is 37.0 Å². The van der Waals surface area contributed by atoms with E-state index >= 15 is 0 Å². The predicted molar refractivity (Wildman–Crippen MR) is 144 cm³/mol. The molecule has 2 saturated heterocycles. The molecule has 0 radical (unpaired) electrons. The number of carbonyl (C=O) groups is 1. The Morgan fingerprint density at radius 1 is 1.08 bits per heavy atom. The van der Waals surface area contributed by atoms with Crippen molar-refractivity contribution in [2.75, 3.05) is 11.4 Å². The smallest absolute Gasteiger partial charge is 0.328 e. The number of amides is 2. The molecule has 7 heteroatoms. The molecular weight excluding hydrogens is 467 g/mol. The lowest BCUT2D eigenvalue weighted by molar-refractivity contribution is 0.123. The van der Waals surface area contributed by atoms with E-state index in [2.05, 4.69) is 35.3 Å². The molecule has 2 aromatic carbocycles. The molecule has 2 aromatic rings. The fourth-order valence-electron chi connectivity index (χ4n) is 6.35. The highest BCUT2D eigenvalue weighted by molar-refractivity contribution is 6.19. The molecule has 6 nitrogen and oxygen atoms in total. The van der Waals surface area contributed by atoms with Crippen molar-refractivity contribution in [2.24, 2.45) is 4.99 Å². The number of benzene rings is 2. The Bertz CT molecular complexity index is 1180. The van der Waals surface area contributed by atoms with Gasteiger partial charge in [0.15, 0.2) is 0 Å². The highest BCUT2D eigenvalue weighted by atomic mass is 19.1. The lowest BCUT2D eigenvalue weighted by Gasteiger charge is -2.47. The van der Waals surface area contributed by atoms with Crippen LogP contribution in [-0.2, 0) is 6.54 Å². The van der Waals surface area contributed by atoms with Gasteiger partial charge in [-0.25, -0.2) is 9.18 Å². The molecule has 2 atom stereocenters. The number of nitrogens with one attached hydrogen (secondary N) is 1. The number of ether oxygens (including phenoxy) is 1. The number of amidine groups is 1. The molecule has 0 aromatic heterocycles. The van der Waals surface area contributed by atoms with Gasteiger partial charge in [-0.1, -0.05) is 37.5 Å². The second-order valence-corrected chi connectivity index (χ2v) is 11.3. The summed E-state index contributed by atoms with van der Waals surface area (Å²) in [6.07, 6.45) is 9.92. The van der Waals surface area contributed by atoms with Gasteiger partial charge in [0, 0.05) is 24.8 Å². The number of aliphatic imine (C=N–C) groups is 1. The maximum atomic E-state index is 14.3. The number of urea groups is 1. The zero-order valence-corrected chi connectivity index (χ0v) is 21.7. The van der Waals surface area contributed by atoms with Crippen LogP contribution in [0.15, 0.2) is 53.5 Å². The van der Waals surface area contributed by atoms with Gasteiger partial charge in [0.2, 0.25) is 0 Å². The molecule has 0 unspecified atom stereocenters. The molecule has 2 amide bonds. The van der Waals surface area contributed by atoms with Crippen molar-refractivity contribution >= 4 is 17.6 Å². The minimum atomic E-state index is -0.588. The zero-order valence-electron chi connectivity index (χ0n) is 21.7. The van der Waals surface area contributed by atoms with E-state index in [1.807, 2.05) is 12.1 Å². The molecule has 0 bridgehead atoms. The number of likely N-dealkylation sites (tertiary alicyclic amines) is 1. The lowest BCUT2D eigenvalue weighted by atomic mass is 9.81. The van der Waals surface area contributed by atoms with E-state index in [-0.39, 0.29) is 23.9 Å². The molecule has 1 spiro atoms. The van der Waals surface area contributed by atoms with Crippen LogP contribution in [0.2, 0.25) is 0 Å². The third-order valence-electron chi connectivity index (χ3n) is 8.43. The number of anilines is 1. The van der Waals surface area contributed by atoms with E-state index < -0.39 is 5.54 Å². The summed E-state index contributed by atoms with van der Waals surface area (Å²) in [6, 6.07) is 15.1. The number of piperidine rings is 1. The normalized spacial score (nSPS) is 28.2. The van der Waals surface area contributed by atoms with Gasteiger partial charge in [-0.2, -0.15) is 0 Å². The molecule has 37 heavy (non-hydrogen) atoms. The molecule has 4 aliphatic rings. The zero-order chi connectivity index (χ0) is 25.4. The molecule has 4 fully saturated rings. The maximum absolute atomic E-state index is 14.3. The first-order valence-electron chi connectivity index (χ1n) is 13.9. The SMILES string of the molecule is C[C@H]1C[C@]2(CCN1Cc1cccc(OC3CC3)c1)C(=NC1CCCCC1)NC(=O)N2c1cccc(F)c1. The van der Waals surface area contributed by atoms with Crippen LogP contribution in [0.25, 0.3) is 0 Å². The van der Waals surface area contributed by atoms with Crippen LogP contribution in [0.1, 0.15) is 70.3 Å². The monoisotopic (exact) mass is 504 g/mol. The molecule has 2 aliphatic carbocycles. The van der Waals surface area contributed by atoms with Crippen LogP contribution in [0.4, 0.5) is 14.9 Å². The molecule has 6 rings (SSSR count). The van der Waals surface area contributed by atoms with E-state index in [4.69, 9.17) is 9.73 Å². The molecule has 196 valence electrons. The van der Waals surface area contributed by atoms with E-state index in [9.17, 15) is 9.18 Å². The van der Waals surface area contributed by atoms with Crippen molar-refractivity contribution in [1.82, 2.24) is 10.2 Å². The highest BCUT2D eigenvalue weighted by Crippen LogP contribution is 2.41. The highest BCUT2D eigenvalue weighted by Gasteiger charge is 2.54. The Kier molecular flexibility index (Phi) is 6.65. The quantitative estimate of drug-likeness (QED) is 0.521. The Morgan fingerprint density at radius 3 is 2.65 bits per heavy atom. The van der Waals surface area contributed by atoms with Crippen molar-refractivity contribution in [2.45, 2.75) is 95.0 Å². The van der Waals surface area contributed by atoms with Crippen molar-refractivity contribution < 1.29 is 13.9 Å². The first-order valence-corrected chi connectivity index (χ1v) is 13.9. The first kappa shape index (κ1) is 24.4. The number of carbonyl (C=O) groups excluding carboxylic acids is 1. The van der Waals surface area contributed by atoms with E-state index in [1.54, 1.807) is 11.0 Å². The van der Waals surface area contributed by atoms with Gasteiger partial charge in [0.25, 0.3) is 0 Å². The number of halogens is 1. The van der Waals surface area contributed by atoms with Gasteiger partial charge >= 0.3 is 6.03 Å². The largest absolute Gasteiger partial charge is 0.490 e. The van der Waals surface area contributed by atoms with E-state index in [0.717, 1.165) is 63.2 Å². The molecule has 2 aliphatic heterocycles. The molecule has 2 heterocycles. The van der Waals surface area contributed by atoms with Crippen LogP contribution in [0.3, 0.4) is 0 Å². The Morgan fingerprint density at radius 2 is 1.89 bits per heavy atom. The molecule has 1 N–H and O–H groups in total. The molecular formula is C30H37FN4O2. The van der Waals surface area contributed by atoms with Gasteiger partial charge in [-0.05, 0) is 81.3 Å². The van der Waals surface area contributed by atoms with Crippen LogP contribution in [0, 0.1) is 5.82 Å². The maximum Gasteiger partial charge on any atom is 0.328 e. The van der Waals surface area contributed by atoms with Crippen molar-refractivity contribution in [3.63, 3.8) is 0 Å². The van der Waals surface area contributed by atoms with Gasteiger partial charge < -0.3 is 4.74 Å². The topological polar surface area (TPSA) is 57.2 Å². The summed E-state index contributed by atoms with van der Waals surface area (Å²) < 4.78 is 20.3. The van der Waals surface area contributed by atoms with Crippen LogP contribution < -0.4 is 15.0 Å². The van der Waals surface area contributed by atoms with Crippen molar-refractivity contribution in [1.29, 1.82) is 0 Å². The first-order chi connectivity index (χ1) is 18.0. The summed E-state index contributed by atoms with van der Waals surface area (Å²) in [5.41, 5.74) is 1.24. The fraction of sp³-hybridized carbons (Fsp3) is 0.533. The fourth-order valence-corrected chi connectivity index (χ4v) is 6.35. The van der Waals surface area contributed by atoms with Gasteiger partial charge in [0.05, 0.1) is 12.1 Å². The van der Waals surface area contributed by atoms with E-state index in [0.29, 0.717) is 11.8 Å². The number of hydrogen-bond donors (Lipinski definition) is 1. The minimum Gasteiger partial charge on any atom is -0.490 e. The summed E-state index contributed by atoms with van der Waals surface area (Å²) in [7, 11) is 0. The van der Waals surface area contributed by atoms with Crippen LogP contribution >= 0.6 is 0 Å². The average Bonchev–Trinajstić information content (AvgIpc) is 3.66. The van der Waals surface area contributed by atoms with Crippen LogP contribution in [-0.4, -0.2) is 47.0 Å². The Labute approximate surface area is 218 Å². The second-order valence-electron chi connectivity index (χ2n) is 11.3. The van der Waals surface area contributed by atoms with Crippen LogP contribution in [0.5, 0.6) is 5.75 Å². The number of nitrogens with zero attached hydrogens (tertiary/aromatic N) is 3. The third-order valence-corrected chi connectivity index (χ3v) is 8.43. The summed E-state index contributed by atoms with van der Waals surface area (Å²) in [4.78, 5) is 22.8. The molecule has 2 saturated carbocycles. The Balaban J connectivity index is 1.27. The average molecular weight is 505 g/mol. The third kappa shape index (κ3) is 5.11. The van der Waals surface area contributed by atoms with Gasteiger partial charge in [-0.3, -0.25) is 20.1 Å². The standard InChI is InChI=1S/C30H37FN4O2/c1-21-19-30(15-16-34(21)20-22-7-5-12-27(17-22)37-26-13-14-26)28(32-24-9-3-2-4-10-24)33-29(36)35(30)25-11-6-8-23(31)18-25/h5-8,11-12,17-18,21,24,26H,2-4,9-10,13-16,19-20H2,1H3,(H,32,33,36)/t21-,30+/m0/s1. The summed E-state index contributed by atoms with van der Waals surface area (Å²) in [5.74, 6) is 1.39.